The van der Waals surface area contributed by atoms with Crippen LogP contribution in [0.2, 0.25) is 0 Å². The van der Waals surface area contributed by atoms with Crippen LogP contribution >= 0.6 is 0 Å². The molecule has 0 aromatic rings. The number of unbranched alkanes of at least 4 members (excludes halogenated alkanes) is 10. The van der Waals surface area contributed by atoms with Crippen LogP contribution in [0.5, 0.6) is 0 Å². The average Bonchev–Trinajstić information content (AvgIpc) is 2.60. The van der Waals surface area contributed by atoms with Crippen LogP contribution in [0.15, 0.2) is 0 Å². The van der Waals surface area contributed by atoms with Gasteiger partial charge in [-0.2, -0.15) is 0 Å². The first kappa shape index (κ1) is 24.9. The van der Waals surface area contributed by atoms with E-state index in [1.807, 2.05) is 0 Å². The highest BCUT2D eigenvalue weighted by molar-refractivity contribution is 5.69. The topological polar surface area (TPSA) is 63.6 Å². The maximum atomic E-state index is 12.0. The predicted molar refractivity (Wildman–Crippen MR) is 107 cm³/mol. The molecule has 0 saturated carbocycles. The second kappa shape index (κ2) is 18.7. The summed E-state index contributed by atoms with van der Waals surface area (Å²) in [5, 5.41) is 8.64. The van der Waals surface area contributed by atoms with Gasteiger partial charge in [0.2, 0.25) is 0 Å². The summed E-state index contributed by atoms with van der Waals surface area (Å²) in [5.74, 6) is -0.792. The van der Waals surface area contributed by atoms with E-state index in [1.54, 1.807) is 0 Å². The fraction of sp³-hybridized carbons (Fsp3) is 0.909. The molecule has 4 nitrogen and oxygen atoms in total. The number of carbonyl (C=O) groups excluding carboxylic acids is 1. The van der Waals surface area contributed by atoms with Crippen molar-refractivity contribution >= 4 is 11.9 Å². The first-order valence-electron chi connectivity index (χ1n) is 11.0. The summed E-state index contributed by atoms with van der Waals surface area (Å²) in [6.07, 6.45) is 17.3. The zero-order valence-corrected chi connectivity index (χ0v) is 17.3. The maximum absolute atomic E-state index is 12.0. The molecule has 0 fully saturated rings. The lowest BCUT2D eigenvalue weighted by atomic mass is 10.1. The molecule has 0 bridgehead atoms. The second-order valence-electron chi connectivity index (χ2n) is 7.47. The Hall–Kier alpha value is -1.06. The molecule has 1 unspecified atom stereocenters. The molecule has 0 aliphatic carbocycles. The molecule has 1 N–H and O–H groups in total. The molecule has 0 saturated heterocycles. The lowest BCUT2D eigenvalue weighted by Crippen LogP contribution is -2.18. The Morgan fingerprint density at radius 1 is 0.692 bits per heavy atom. The Balaban J connectivity index is 3.66. The fourth-order valence-corrected chi connectivity index (χ4v) is 3.23. The lowest BCUT2D eigenvalue weighted by Gasteiger charge is -2.17. The molecule has 0 rings (SSSR count). The molecular weight excluding hydrogens is 328 g/mol. The van der Waals surface area contributed by atoms with Gasteiger partial charge in [-0.05, 0) is 32.1 Å². The summed E-state index contributed by atoms with van der Waals surface area (Å²) in [7, 11) is 0. The third-order valence-corrected chi connectivity index (χ3v) is 4.81. The molecule has 0 amide bonds. The molecule has 0 spiro atoms. The molecule has 4 heteroatoms. The molecule has 154 valence electrons. The zero-order valence-electron chi connectivity index (χ0n) is 17.3. The molecule has 0 aliphatic heterocycles. The Morgan fingerprint density at radius 2 is 1.23 bits per heavy atom. The van der Waals surface area contributed by atoms with Gasteiger partial charge in [-0.15, -0.1) is 0 Å². The number of esters is 1. The van der Waals surface area contributed by atoms with Crippen LogP contribution in [0.3, 0.4) is 0 Å². The van der Waals surface area contributed by atoms with E-state index in [9.17, 15) is 9.59 Å². The van der Waals surface area contributed by atoms with Gasteiger partial charge in [-0.1, -0.05) is 78.1 Å². The van der Waals surface area contributed by atoms with Crippen LogP contribution in [-0.4, -0.2) is 23.1 Å². The Labute approximate surface area is 161 Å². The number of hydrogen-bond donors (Lipinski definition) is 1. The van der Waals surface area contributed by atoms with Crippen molar-refractivity contribution < 1.29 is 19.4 Å². The molecule has 26 heavy (non-hydrogen) atoms. The van der Waals surface area contributed by atoms with Crippen molar-refractivity contribution in [1.29, 1.82) is 0 Å². The van der Waals surface area contributed by atoms with Crippen LogP contribution in [0.1, 0.15) is 123 Å². The number of hydrogen-bond acceptors (Lipinski definition) is 3. The van der Waals surface area contributed by atoms with Crippen LogP contribution < -0.4 is 0 Å². The van der Waals surface area contributed by atoms with E-state index in [0.717, 1.165) is 44.9 Å². The van der Waals surface area contributed by atoms with Crippen molar-refractivity contribution in [3.05, 3.63) is 0 Å². The monoisotopic (exact) mass is 370 g/mol. The van der Waals surface area contributed by atoms with Crippen molar-refractivity contribution in [3.63, 3.8) is 0 Å². The molecule has 0 aromatic carbocycles. The molecule has 0 aromatic heterocycles. The minimum Gasteiger partial charge on any atom is -0.481 e. The normalized spacial score (nSPS) is 12.1. The van der Waals surface area contributed by atoms with Crippen LogP contribution in [0.25, 0.3) is 0 Å². The van der Waals surface area contributed by atoms with Crippen LogP contribution in [-0.2, 0) is 14.3 Å². The highest BCUT2D eigenvalue weighted by atomic mass is 16.5. The minimum atomic E-state index is -0.734. The van der Waals surface area contributed by atoms with E-state index in [1.165, 1.54) is 44.9 Å². The van der Waals surface area contributed by atoms with Crippen LogP contribution in [0.4, 0.5) is 0 Å². The quantitative estimate of drug-likeness (QED) is 0.204. The number of rotatable bonds is 19. The Bertz CT molecular complexity index is 341. The van der Waals surface area contributed by atoms with Crippen molar-refractivity contribution in [2.24, 2.45) is 0 Å². The first-order chi connectivity index (χ1) is 12.6. The van der Waals surface area contributed by atoms with Gasteiger partial charge >= 0.3 is 11.9 Å². The van der Waals surface area contributed by atoms with E-state index < -0.39 is 5.97 Å². The van der Waals surface area contributed by atoms with Gasteiger partial charge in [0.1, 0.15) is 6.10 Å². The Kier molecular flexibility index (Phi) is 18.0. The standard InChI is InChI=1S/C22H42O4/c1-3-5-6-7-8-9-10-11-15-19-22(25)26-20(16-4-2)17-13-12-14-18-21(23)24/h20H,3-19H2,1-2H3,(H,23,24). The van der Waals surface area contributed by atoms with E-state index in [2.05, 4.69) is 13.8 Å². The SMILES string of the molecule is CCCCCCCCCCCC(=O)OC(CCC)CCCCCC(=O)O. The molecule has 0 aliphatic rings. The van der Waals surface area contributed by atoms with Crippen molar-refractivity contribution in [2.45, 2.75) is 129 Å². The van der Waals surface area contributed by atoms with Gasteiger partial charge in [0.05, 0.1) is 0 Å². The number of aliphatic carboxylic acids is 1. The van der Waals surface area contributed by atoms with Crippen LogP contribution in [0, 0.1) is 0 Å². The van der Waals surface area contributed by atoms with E-state index in [4.69, 9.17) is 9.84 Å². The van der Waals surface area contributed by atoms with Gasteiger partial charge in [-0.25, -0.2) is 0 Å². The summed E-state index contributed by atoms with van der Waals surface area (Å²) < 4.78 is 5.64. The maximum Gasteiger partial charge on any atom is 0.306 e. The van der Waals surface area contributed by atoms with Gasteiger partial charge in [0, 0.05) is 12.8 Å². The van der Waals surface area contributed by atoms with Gasteiger partial charge < -0.3 is 9.84 Å². The molecule has 0 heterocycles. The summed E-state index contributed by atoms with van der Waals surface area (Å²) >= 11 is 0. The highest BCUT2D eigenvalue weighted by Crippen LogP contribution is 2.15. The third-order valence-electron chi connectivity index (χ3n) is 4.81. The zero-order chi connectivity index (χ0) is 19.5. The molecular formula is C22H42O4. The number of carboxylic acid groups (broad SMARTS) is 1. The number of carboxylic acids is 1. The highest BCUT2D eigenvalue weighted by Gasteiger charge is 2.13. The Morgan fingerprint density at radius 3 is 1.81 bits per heavy atom. The van der Waals surface area contributed by atoms with E-state index in [0.29, 0.717) is 12.8 Å². The first-order valence-corrected chi connectivity index (χ1v) is 11.0. The van der Waals surface area contributed by atoms with Gasteiger partial charge in [0.25, 0.3) is 0 Å². The number of carbonyl (C=O) groups is 2. The fourth-order valence-electron chi connectivity index (χ4n) is 3.23. The lowest BCUT2D eigenvalue weighted by molar-refractivity contribution is -0.150. The molecule has 0 radical (unpaired) electrons. The average molecular weight is 371 g/mol. The molecule has 1 atom stereocenters. The van der Waals surface area contributed by atoms with Crippen molar-refractivity contribution in [1.82, 2.24) is 0 Å². The van der Waals surface area contributed by atoms with Crippen molar-refractivity contribution in [2.75, 3.05) is 0 Å². The predicted octanol–water partition coefficient (Wildman–Crippen LogP) is 6.65. The van der Waals surface area contributed by atoms with Gasteiger partial charge in [-0.3, -0.25) is 9.59 Å². The van der Waals surface area contributed by atoms with E-state index >= 15 is 0 Å². The minimum absolute atomic E-state index is 0.0101. The summed E-state index contributed by atoms with van der Waals surface area (Å²) in [4.78, 5) is 22.5. The summed E-state index contributed by atoms with van der Waals surface area (Å²) in [6, 6.07) is 0. The van der Waals surface area contributed by atoms with Gasteiger partial charge in [0.15, 0.2) is 0 Å². The summed E-state index contributed by atoms with van der Waals surface area (Å²) in [6.45, 7) is 4.34. The number of ether oxygens (including phenoxy) is 1. The summed E-state index contributed by atoms with van der Waals surface area (Å²) in [5.41, 5.74) is 0. The third kappa shape index (κ3) is 17.8. The van der Waals surface area contributed by atoms with E-state index in [-0.39, 0.29) is 18.5 Å². The smallest absolute Gasteiger partial charge is 0.306 e. The second-order valence-corrected chi connectivity index (χ2v) is 7.47. The van der Waals surface area contributed by atoms with Crippen molar-refractivity contribution in [3.8, 4) is 0 Å². The largest absolute Gasteiger partial charge is 0.481 e.